The normalized spacial score (nSPS) is 12.6. The van der Waals surface area contributed by atoms with Crippen molar-refractivity contribution in [3.63, 3.8) is 0 Å². The predicted octanol–water partition coefficient (Wildman–Crippen LogP) is 0.790. The number of rotatable bonds is 5. The zero-order valence-corrected chi connectivity index (χ0v) is 9.53. The first-order valence-electron chi connectivity index (χ1n) is 4.60. The largest absolute Gasteiger partial charge is 0.387 e. The van der Waals surface area contributed by atoms with Crippen molar-refractivity contribution in [2.45, 2.75) is 13.5 Å². The molecule has 0 bridgehead atoms. The summed E-state index contributed by atoms with van der Waals surface area (Å²) in [6.45, 7) is 0.356. The van der Waals surface area contributed by atoms with Gasteiger partial charge in [-0.2, -0.15) is 8.42 Å². The Morgan fingerprint density at radius 3 is 2.59 bits per heavy atom. The topological polar surface area (TPSA) is 98.7 Å². The monoisotopic (exact) mass is 262 g/mol. The first kappa shape index (κ1) is 15.9. The minimum absolute atomic E-state index is 0. The van der Waals surface area contributed by atoms with Gasteiger partial charge in [0.25, 0.3) is 0 Å². The lowest BCUT2D eigenvalue weighted by molar-refractivity contribution is 0.178. The minimum atomic E-state index is -4.28. The molecule has 0 fully saturated rings. The fraction of sp³-hybridized carbons (Fsp3) is 0.400. The highest BCUT2D eigenvalue weighted by atomic mass is 32.2. The van der Waals surface area contributed by atoms with Crippen LogP contribution in [0.25, 0.3) is 0 Å². The van der Waals surface area contributed by atoms with Gasteiger partial charge in [-0.05, 0) is 24.7 Å². The number of benzene rings is 1. The molecule has 0 aliphatic rings. The zero-order valence-electron chi connectivity index (χ0n) is 8.71. The average molecular weight is 262 g/mol. The Morgan fingerprint density at radius 2 is 2.06 bits per heavy atom. The third kappa shape index (κ3) is 5.64. The molecule has 17 heavy (non-hydrogen) atoms. The van der Waals surface area contributed by atoms with Crippen LogP contribution in [0.4, 0.5) is 5.69 Å². The Balaban J connectivity index is 0.00000256. The molecule has 6 nitrogen and oxygen atoms in total. The van der Waals surface area contributed by atoms with Gasteiger partial charge >= 0.3 is 10.3 Å². The first-order chi connectivity index (χ1) is 7.42. The minimum Gasteiger partial charge on any atom is -0.387 e. The summed E-state index contributed by atoms with van der Waals surface area (Å²) in [6.07, 6.45) is -0.729. The third-order valence-electron chi connectivity index (χ3n) is 1.92. The van der Waals surface area contributed by atoms with Crippen LogP contribution in [-0.4, -0.2) is 31.7 Å². The summed E-state index contributed by atoms with van der Waals surface area (Å²) in [6, 6.07) is 6.18. The van der Waals surface area contributed by atoms with Gasteiger partial charge in [0.2, 0.25) is 0 Å². The lowest BCUT2D eigenvalue weighted by atomic mass is 10.1. The van der Waals surface area contributed by atoms with Crippen LogP contribution in [0.3, 0.4) is 0 Å². The van der Waals surface area contributed by atoms with Crippen LogP contribution >= 0.6 is 0 Å². The summed E-state index contributed by atoms with van der Waals surface area (Å²) in [5.74, 6) is 0. The molecule has 1 aromatic rings. The Bertz CT molecular complexity index is 447. The van der Waals surface area contributed by atoms with Gasteiger partial charge in [-0.3, -0.25) is 9.27 Å². The Labute approximate surface area is 102 Å². The maximum atomic E-state index is 10.6. The van der Waals surface area contributed by atoms with E-state index in [1.165, 1.54) is 12.1 Å². The van der Waals surface area contributed by atoms with Crippen molar-refractivity contribution in [2.75, 3.05) is 18.3 Å². The van der Waals surface area contributed by atoms with Crippen LogP contribution in [0.15, 0.2) is 24.3 Å². The zero-order chi connectivity index (χ0) is 12.2. The Hall–Kier alpha value is -1.15. The quantitative estimate of drug-likeness (QED) is 0.588. The highest BCUT2D eigenvalue weighted by Crippen LogP contribution is 2.17. The Morgan fingerprint density at radius 1 is 1.41 bits per heavy atom. The van der Waals surface area contributed by atoms with Crippen molar-refractivity contribution in [1.29, 1.82) is 0 Å². The van der Waals surface area contributed by atoms with E-state index in [0.717, 1.165) is 0 Å². The molecule has 0 aliphatic heterocycles. The molecular formula is C10H18N2O4S. The fourth-order valence-electron chi connectivity index (χ4n) is 1.27. The SMILES string of the molecule is C.CNCC(O)c1cccc(NS(=O)(=O)O)c1. The molecule has 0 radical (unpaired) electrons. The third-order valence-corrected chi connectivity index (χ3v) is 2.41. The van der Waals surface area contributed by atoms with E-state index < -0.39 is 16.4 Å². The number of hydrogen-bond acceptors (Lipinski definition) is 4. The smallest absolute Gasteiger partial charge is 0.357 e. The molecule has 1 unspecified atom stereocenters. The van der Waals surface area contributed by atoms with Gasteiger partial charge in [-0.1, -0.05) is 19.6 Å². The molecule has 4 N–H and O–H groups in total. The number of likely N-dealkylation sites (N-methyl/N-ethyl adjacent to an activating group) is 1. The number of aliphatic hydroxyl groups is 1. The second-order valence-corrected chi connectivity index (χ2v) is 4.43. The van der Waals surface area contributed by atoms with Crippen LogP contribution in [0.1, 0.15) is 19.1 Å². The van der Waals surface area contributed by atoms with Crippen LogP contribution in [0.5, 0.6) is 0 Å². The van der Waals surface area contributed by atoms with Gasteiger partial charge in [-0.15, -0.1) is 0 Å². The summed E-state index contributed by atoms with van der Waals surface area (Å²) in [5, 5.41) is 12.4. The van der Waals surface area contributed by atoms with E-state index in [1.807, 2.05) is 4.72 Å². The van der Waals surface area contributed by atoms with Gasteiger partial charge in [0.05, 0.1) is 11.8 Å². The van der Waals surface area contributed by atoms with E-state index in [9.17, 15) is 13.5 Å². The average Bonchev–Trinajstić information content (AvgIpc) is 2.16. The van der Waals surface area contributed by atoms with Gasteiger partial charge in [0, 0.05) is 6.54 Å². The van der Waals surface area contributed by atoms with Crippen LogP contribution < -0.4 is 10.0 Å². The van der Waals surface area contributed by atoms with Crippen molar-refractivity contribution >= 4 is 16.0 Å². The van der Waals surface area contributed by atoms with E-state index in [1.54, 1.807) is 19.2 Å². The molecule has 0 spiro atoms. The summed E-state index contributed by atoms with van der Waals surface area (Å²) in [7, 11) is -2.58. The molecule has 0 saturated heterocycles. The summed E-state index contributed by atoms with van der Waals surface area (Å²) in [4.78, 5) is 0. The summed E-state index contributed by atoms with van der Waals surface area (Å²) >= 11 is 0. The molecule has 0 aromatic heterocycles. The molecule has 0 aliphatic carbocycles. The van der Waals surface area contributed by atoms with Crippen molar-refractivity contribution in [1.82, 2.24) is 5.32 Å². The molecule has 1 rings (SSSR count). The molecule has 1 atom stereocenters. The van der Waals surface area contributed by atoms with Crippen molar-refractivity contribution < 1.29 is 18.1 Å². The van der Waals surface area contributed by atoms with Crippen LogP contribution in [-0.2, 0) is 10.3 Å². The molecule has 0 heterocycles. The maximum Gasteiger partial charge on any atom is 0.357 e. The van der Waals surface area contributed by atoms with Crippen molar-refractivity contribution in [2.24, 2.45) is 0 Å². The molecule has 7 heteroatoms. The van der Waals surface area contributed by atoms with Crippen molar-refractivity contribution in [3.05, 3.63) is 29.8 Å². The summed E-state index contributed by atoms with van der Waals surface area (Å²) in [5.41, 5.74) is 0.762. The molecule has 98 valence electrons. The number of hydrogen-bond donors (Lipinski definition) is 4. The van der Waals surface area contributed by atoms with Gasteiger partial charge in [0.15, 0.2) is 0 Å². The second kappa shape index (κ2) is 6.55. The standard InChI is InChI=1S/C9H14N2O4S.CH4/c1-10-6-9(12)7-3-2-4-8(5-7)11-16(13,14)15;/h2-5,9-12H,6H2,1H3,(H,13,14,15);1H4. The predicted molar refractivity (Wildman–Crippen MR) is 67.2 cm³/mol. The van der Waals surface area contributed by atoms with Gasteiger partial charge in [-0.25, -0.2) is 0 Å². The van der Waals surface area contributed by atoms with E-state index in [4.69, 9.17) is 4.55 Å². The highest BCUT2D eigenvalue weighted by molar-refractivity contribution is 7.87. The lowest BCUT2D eigenvalue weighted by Gasteiger charge is -2.11. The number of nitrogens with one attached hydrogen (secondary N) is 2. The maximum absolute atomic E-state index is 10.6. The first-order valence-corrected chi connectivity index (χ1v) is 6.04. The van der Waals surface area contributed by atoms with E-state index in [0.29, 0.717) is 12.1 Å². The van der Waals surface area contributed by atoms with E-state index >= 15 is 0 Å². The van der Waals surface area contributed by atoms with Gasteiger partial charge in [0.1, 0.15) is 0 Å². The van der Waals surface area contributed by atoms with Gasteiger partial charge < -0.3 is 10.4 Å². The number of anilines is 1. The van der Waals surface area contributed by atoms with Crippen LogP contribution in [0, 0.1) is 0 Å². The number of aliphatic hydroxyl groups excluding tert-OH is 1. The molecule has 0 saturated carbocycles. The summed E-state index contributed by atoms with van der Waals surface area (Å²) < 4.78 is 31.7. The Kier molecular flexibility index (Phi) is 6.11. The highest BCUT2D eigenvalue weighted by Gasteiger charge is 2.09. The fourth-order valence-corrected chi connectivity index (χ4v) is 1.69. The lowest BCUT2D eigenvalue weighted by Crippen LogP contribution is -2.17. The van der Waals surface area contributed by atoms with E-state index in [-0.39, 0.29) is 13.1 Å². The molecule has 0 amide bonds. The van der Waals surface area contributed by atoms with E-state index in [2.05, 4.69) is 5.32 Å². The van der Waals surface area contributed by atoms with Crippen molar-refractivity contribution in [3.8, 4) is 0 Å². The molecular weight excluding hydrogens is 244 g/mol. The molecule has 1 aromatic carbocycles. The van der Waals surface area contributed by atoms with Crippen LogP contribution in [0.2, 0.25) is 0 Å². The second-order valence-electron chi connectivity index (χ2n) is 3.28.